The largest absolute Gasteiger partial charge is 0.465 e. The van der Waals surface area contributed by atoms with E-state index in [-0.39, 0.29) is 115 Å². The molecule has 1 N–H and O–H groups in total. The number of aliphatic hydroxyl groups is 1. The highest BCUT2D eigenvalue weighted by atomic mass is 16.6. The maximum Gasteiger partial charge on any atom is 0.410 e. The van der Waals surface area contributed by atoms with Crippen molar-refractivity contribution in [2.75, 3.05) is 73.0 Å². The Balaban J connectivity index is 3.01. The Bertz CT molecular complexity index is 1380. The summed E-state index contributed by atoms with van der Waals surface area (Å²) >= 11 is 0. The first kappa shape index (κ1) is 70.0. The smallest absolute Gasteiger partial charge is 0.410 e. The van der Waals surface area contributed by atoms with Gasteiger partial charge in [-0.15, -0.1) is 0 Å². The van der Waals surface area contributed by atoms with Gasteiger partial charge in [0.2, 0.25) is 0 Å². The van der Waals surface area contributed by atoms with Crippen LogP contribution < -0.4 is 0 Å². The molecule has 1 amide bonds. The van der Waals surface area contributed by atoms with Crippen molar-refractivity contribution >= 4 is 41.9 Å². The van der Waals surface area contributed by atoms with Gasteiger partial charge in [0.15, 0.2) is 0 Å². The highest BCUT2D eigenvalue weighted by Gasteiger charge is 2.44. The van der Waals surface area contributed by atoms with E-state index in [4.69, 9.17) is 33.2 Å². The van der Waals surface area contributed by atoms with Crippen molar-refractivity contribution in [3.8, 4) is 0 Å². The lowest BCUT2D eigenvalue weighted by molar-refractivity contribution is -0.159. The Labute approximate surface area is 458 Å². The van der Waals surface area contributed by atoms with E-state index in [0.29, 0.717) is 58.0 Å². The lowest BCUT2D eigenvalue weighted by Gasteiger charge is -2.46. The monoisotopic (exact) mass is 1080 g/mol. The first-order chi connectivity index (χ1) is 36.9. The number of esters is 6. The molecule has 1 fully saturated rings. The van der Waals surface area contributed by atoms with Gasteiger partial charge in [0, 0.05) is 57.2 Å². The van der Waals surface area contributed by atoms with Gasteiger partial charge in [-0.05, 0) is 52.0 Å². The molecule has 0 spiro atoms. The molecule has 1 heterocycles. The van der Waals surface area contributed by atoms with Gasteiger partial charge in [-0.2, -0.15) is 0 Å². The molecule has 1 saturated heterocycles. The second-order valence-corrected chi connectivity index (χ2v) is 21.1. The molecule has 0 aromatic heterocycles. The van der Waals surface area contributed by atoms with E-state index in [2.05, 4.69) is 27.7 Å². The van der Waals surface area contributed by atoms with Gasteiger partial charge in [0.25, 0.3) is 0 Å². The minimum absolute atomic E-state index is 0.0760. The Kier molecular flexibility index (Phi) is 44.4. The van der Waals surface area contributed by atoms with E-state index in [1.807, 2.05) is 11.9 Å². The van der Waals surface area contributed by atoms with Crippen LogP contribution in [0.4, 0.5) is 4.79 Å². The molecule has 0 aromatic rings. The van der Waals surface area contributed by atoms with Gasteiger partial charge in [0.1, 0.15) is 13.2 Å². The molecule has 0 aromatic carbocycles. The summed E-state index contributed by atoms with van der Waals surface area (Å²) in [5.74, 6) is -4.03. The van der Waals surface area contributed by atoms with E-state index in [0.717, 1.165) is 128 Å². The molecular weight excluding hydrogens is 977 g/mol. The van der Waals surface area contributed by atoms with E-state index in [9.17, 15) is 38.7 Å². The second kappa shape index (κ2) is 48.2. The number of hydrogen-bond donors (Lipinski definition) is 1. The standard InChI is InChI=1S/C59H106N2O15/c1-6-10-14-18-22-26-32-53(63)71-43-49(44-72-54(64)33-27-23-19-15-11-7-2)40-57(67)75-47-51-42-52(61(51)59(69)70-39-31-37-60(5)36-30-38-62)48-76-58(68)41-50(45-73-55(65)34-28-24-20-16-12-8-3)46-74-56(66)35-29-25-21-17-13-9-4/h49-52,62H,6-48H2,1-5H3/t51-,52+. The minimum atomic E-state index is -0.661. The van der Waals surface area contributed by atoms with Crippen LogP contribution in [0.3, 0.4) is 0 Å². The Hall–Kier alpha value is -3.99. The number of ether oxygens (including phenoxy) is 7. The number of hydrogen-bond acceptors (Lipinski definition) is 16. The average molecular weight is 1080 g/mol. The fourth-order valence-corrected chi connectivity index (χ4v) is 8.95. The summed E-state index contributed by atoms with van der Waals surface area (Å²) in [6.07, 6.45) is 25.9. The van der Waals surface area contributed by atoms with E-state index >= 15 is 0 Å². The number of carbonyl (C=O) groups excluding carboxylic acids is 7. The van der Waals surface area contributed by atoms with Crippen molar-refractivity contribution in [2.24, 2.45) is 11.8 Å². The van der Waals surface area contributed by atoms with E-state index < -0.39 is 42.0 Å². The van der Waals surface area contributed by atoms with Crippen molar-refractivity contribution in [3.05, 3.63) is 0 Å². The van der Waals surface area contributed by atoms with E-state index in [1.165, 1.54) is 4.90 Å². The molecule has 0 saturated carbocycles. The van der Waals surface area contributed by atoms with Gasteiger partial charge in [-0.25, -0.2) is 4.79 Å². The third-order valence-electron chi connectivity index (χ3n) is 13.8. The van der Waals surface area contributed by atoms with Gasteiger partial charge >= 0.3 is 41.9 Å². The third kappa shape index (κ3) is 38.5. The van der Waals surface area contributed by atoms with Crippen LogP contribution in [0.2, 0.25) is 0 Å². The number of unbranched alkanes of at least 4 members (excludes halogenated alkanes) is 20. The number of rotatable bonds is 51. The molecule has 0 aliphatic carbocycles. The third-order valence-corrected chi connectivity index (χ3v) is 13.8. The SMILES string of the molecule is CCCCCCCCC(=O)OCC(COC(=O)CCCCCCCC)CC(=O)OC[C@@H]1C[C@H](COC(=O)CC(COC(=O)CCCCCCCC)COC(=O)CCCCCCCC)N1C(=O)OCCCN(C)CCCO. The summed E-state index contributed by atoms with van der Waals surface area (Å²) in [6, 6.07) is -1.19. The summed E-state index contributed by atoms with van der Waals surface area (Å²) in [5, 5.41) is 9.19. The number of nitrogens with zero attached hydrogens (tertiary/aromatic N) is 2. The molecule has 0 radical (unpaired) electrons. The first-order valence-electron chi connectivity index (χ1n) is 30.0. The second-order valence-electron chi connectivity index (χ2n) is 21.1. The molecular formula is C59H106N2O15. The van der Waals surface area contributed by atoms with Crippen LogP contribution in [-0.4, -0.2) is 142 Å². The first-order valence-corrected chi connectivity index (χ1v) is 30.0. The van der Waals surface area contributed by atoms with Crippen LogP contribution in [0.25, 0.3) is 0 Å². The summed E-state index contributed by atoms with van der Waals surface area (Å²) < 4.78 is 39.4. The topological polar surface area (TPSA) is 211 Å². The van der Waals surface area contributed by atoms with Crippen molar-refractivity contribution in [3.63, 3.8) is 0 Å². The Morgan fingerprint density at radius 2 is 0.737 bits per heavy atom. The molecule has 1 aliphatic rings. The highest BCUT2D eigenvalue weighted by molar-refractivity contribution is 5.73. The predicted octanol–water partition coefficient (Wildman–Crippen LogP) is 11.5. The van der Waals surface area contributed by atoms with Crippen LogP contribution in [0.1, 0.15) is 240 Å². The average Bonchev–Trinajstić information content (AvgIpc) is 3.39. The zero-order valence-electron chi connectivity index (χ0n) is 48.3. The van der Waals surface area contributed by atoms with Gasteiger partial charge in [-0.3, -0.25) is 33.7 Å². The molecule has 1 rings (SSSR count). The lowest BCUT2D eigenvalue weighted by atomic mass is 9.94. The van der Waals surface area contributed by atoms with Crippen LogP contribution in [0, 0.1) is 11.8 Å². The van der Waals surface area contributed by atoms with Gasteiger partial charge < -0.3 is 43.2 Å². The fourth-order valence-electron chi connectivity index (χ4n) is 8.95. The van der Waals surface area contributed by atoms with Crippen molar-refractivity contribution in [1.82, 2.24) is 9.80 Å². The van der Waals surface area contributed by atoms with Crippen molar-refractivity contribution in [2.45, 2.75) is 252 Å². The Morgan fingerprint density at radius 3 is 1.07 bits per heavy atom. The highest BCUT2D eigenvalue weighted by Crippen LogP contribution is 2.28. The summed E-state index contributed by atoms with van der Waals surface area (Å²) in [4.78, 5) is 94.6. The van der Waals surface area contributed by atoms with Crippen LogP contribution >= 0.6 is 0 Å². The van der Waals surface area contributed by atoms with E-state index in [1.54, 1.807) is 0 Å². The minimum Gasteiger partial charge on any atom is -0.465 e. The maximum atomic E-state index is 13.6. The molecule has 442 valence electrons. The zero-order valence-corrected chi connectivity index (χ0v) is 48.3. The summed E-state index contributed by atoms with van der Waals surface area (Å²) in [6.45, 7) is 9.25. The predicted molar refractivity (Wildman–Crippen MR) is 293 cm³/mol. The summed E-state index contributed by atoms with van der Waals surface area (Å²) in [7, 11) is 1.92. The molecule has 0 unspecified atom stereocenters. The quantitative estimate of drug-likeness (QED) is 0.0341. The molecule has 2 atom stereocenters. The normalized spacial score (nSPS) is 14.1. The molecule has 17 heteroatoms. The molecule has 0 bridgehead atoms. The number of amides is 1. The Morgan fingerprint density at radius 1 is 0.421 bits per heavy atom. The van der Waals surface area contributed by atoms with Crippen LogP contribution in [-0.2, 0) is 61.9 Å². The molecule has 17 nitrogen and oxygen atoms in total. The van der Waals surface area contributed by atoms with Gasteiger partial charge in [0.05, 0.1) is 58.0 Å². The van der Waals surface area contributed by atoms with Gasteiger partial charge in [-0.1, -0.05) is 156 Å². The number of carbonyl (C=O) groups is 7. The number of likely N-dealkylation sites (tertiary alicyclic amines) is 1. The summed E-state index contributed by atoms with van der Waals surface area (Å²) in [5.41, 5.74) is 0. The lowest BCUT2D eigenvalue weighted by Crippen LogP contribution is -2.62. The number of aliphatic hydroxyl groups excluding tert-OH is 1. The maximum absolute atomic E-state index is 13.6. The molecule has 1 aliphatic heterocycles. The van der Waals surface area contributed by atoms with Crippen LogP contribution in [0.15, 0.2) is 0 Å². The molecule has 76 heavy (non-hydrogen) atoms. The van der Waals surface area contributed by atoms with Crippen LogP contribution in [0.5, 0.6) is 0 Å². The fraction of sp³-hybridized carbons (Fsp3) is 0.881. The zero-order chi connectivity index (χ0) is 55.9. The van der Waals surface area contributed by atoms with Crippen molar-refractivity contribution in [1.29, 1.82) is 0 Å². The van der Waals surface area contributed by atoms with Crippen molar-refractivity contribution < 1.29 is 71.8 Å².